The van der Waals surface area contributed by atoms with Crippen LogP contribution in [0.1, 0.15) is 24.0 Å². The third kappa shape index (κ3) is 5.43. The maximum Gasteiger partial charge on any atom is 0.243 e. The summed E-state index contributed by atoms with van der Waals surface area (Å²) in [5.74, 6) is -0.275. The van der Waals surface area contributed by atoms with Crippen molar-refractivity contribution in [2.24, 2.45) is 11.7 Å². The highest BCUT2D eigenvalue weighted by Gasteiger charge is 2.25. The summed E-state index contributed by atoms with van der Waals surface area (Å²) in [4.78, 5) is 30.4. The molecule has 1 atom stereocenters. The topological polar surface area (TPSA) is 126 Å². The molecule has 1 aliphatic rings. The number of sulfonamides is 1. The molecule has 3 N–H and O–H groups in total. The Morgan fingerprint density at radius 2 is 1.97 bits per heavy atom. The molecule has 2 amide bonds. The van der Waals surface area contributed by atoms with E-state index in [1.54, 1.807) is 24.3 Å². The second-order valence-corrected chi connectivity index (χ2v) is 10.2. The van der Waals surface area contributed by atoms with E-state index in [0.29, 0.717) is 18.1 Å². The Morgan fingerprint density at radius 3 is 2.59 bits per heavy atom. The van der Waals surface area contributed by atoms with Gasteiger partial charge in [-0.2, -0.15) is 4.31 Å². The van der Waals surface area contributed by atoms with Gasteiger partial charge in [0.1, 0.15) is 5.82 Å². The summed E-state index contributed by atoms with van der Waals surface area (Å²) in [6.45, 7) is 4.72. The number of aryl methyl sites for hydroxylation is 2. The first kappa shape index (κ1) is 23.7. The van der Waals surface area contributed by atoms with E-state index < -0.39 is 15.9 Å². The molecule has 0 saturated carbocycles. The number of benzene rings is 1. The van der Waals surface area contributed by atoms with Crippen LogP contribution in [0.3, 0.4) is 0 Å². The SMILES string of the molecule is Cc1ccc(S(=O)(=O)N(C)CC(=O)Nc2ccc(N3CCCC(C(N)=O)C3)nc2)cc1C. The summed E-state index contributed by atoms with van der Waals surface area (Å²) >= 11 is 0. The Bertz CT molecular complexity index is 1100. The number of pyridine rings is 1. The first-order valence-corrected chi connectivity index (χ1v) is 11.9. The molecule has 1 saturated heterocycles. The van der Waals surface area contributed by atoms with Crippen LogP contribution in [0.2, 0.25) is 0 Å². The van der Waals surface area contributed by atoms with Crippen molar-refractivity contribution in [2.75, 3.05) is 36.9 Å². The van der Waals surface area contributed by atoms with Crippen molar-refractivity contribution in [3.8, 4) is 0 Å². The number of rotatable bonds is 7. The molecule has 1 aromatic heterocycles. The second-order valence-electron chi connectivity index (χ2n) is 8.15. The lowest BCUT2D eigenvalue weighted by Crippen LogP contribution is -2.41. The lowest BCUT2D eigenvalue weighted by Gasteiger charge is -2.32. The summed E-state index contributed by atoms with van der Waals surface area (Å²) in [6.07, 6.45) is 3.15. The van der Waals surface area contributed by atoms with Gasteiger partial charge in [-0.1, -0.05) is 6.07 Å². The normalized spacial score (nSPS) is 16.8. The molecule has 32 heavy (non-hydrogen) atoms. The number of amides is 2. The van der Waals surface area contributed by atoms with E-state index in [-0.39, 0.29) is 23.3 Å². The number of carbonyl (C=O) groups is 2. The van der Waals surface area contributed by atoms with Gasteiger partial charge in [-0.3, -0.25) is 9.59 Å². The van der Waals surface area contributed by atoms with Gasteiger partial charge >= 0.3 is 0 Å². The molecule has 2 heterocycles. The van der Waals surface area contributed by atoms with Crippen molar-refractivity contribution < 1.29 is 18.0 Å². The van der Waals surface area contributed by atoms with E-state index in [1.165, 1.54) is 19.3 Å². The third-order valence-corrected chi connectivity index (χ3v) is 7.53. The number of primary amides is 1. The average molecular weight is 460 g/mol. The Hall–Kier alpha value is -2.98. The number of nitrogens with one attached hydrogen (secondary N) is 1. The molecule has 0 spiro atoms. The smallest absolute Gasteiger partial charge is 0.243 e. The van der Waals surface area contributed by atoms with Crippen molar-refractivity contribution >= 4 is 33.3 Å². The molecule has 1 unspecified atom stereocenters. The van der Waals surface area contributed by atoms with E-state index in [4.69, 9.17) is 5.73 Å². The zero-order valence-corrected chi connectivity index (χ0v) is 19.4. The molecule has 1 aliphatic heterocycles. The molecule has 9 nitrogen and oxygen atoms in total. The molecular weight excluding hydrogens is 430 g/mol. The Morgan fingerprint density at radius 1 is 1.22 bits per heavy atom. The van der Waals surface area contributed by atoms with Gasteiger partial charge in [0.15, 0.2) is 0 Å². The first-order valence-electron chi connectivity index (χ1n) is 10.4. The third-order valence-electron chi connectivity index (χ3n) is 5.73. The van der Waals surface area contributed by atoms with E-state index >= 15 is 0 Å². The zero-order chi connectivity index (χ0) is 23.5. The van der Waals surface area contributed by atoms with Crippen LogP contribution in [-0.4, -0.2) is 56.2 Å². The van der Waals surface area contributed by atoms with Gasteiger partial charge in [0.05, 0.1) is 29.2 Å². The summed E-state index contributed by atoms with van der Waals surface area (Å²) in [5.41, 5.74) is 7.75. The minimum absolute atomic E-state index is 0.151. The Balaban J connectivity index is 1.61. The first-order chi connectivity index (χ1) is 15.1. The van der Waals surface area contributed by atoms with Gasteiger partial charge in [0.25, 0.3) is 0 Å². The van der Waals surface area contributed by atoms with E-state index in [9.17, 15) is 18.0 Å². The van der Waals surface area contributed by atoms with Crippen molar-refractivity contribution in [1.29, 1.82) is 0 Å². The number of hydrogen-bond donors (Lipinski definition) is 2. The highest BCUT2D eigenvalue weighted by Crippen LogP contribution is 2.23. The van der Waals surface area contributed by atoms with Crippen LogP contribution in [0.15, 0.2) is 41.4 Å². The fourth-order valence-corrected chi connectivity index (χ4v) is 4.82. The van der Waals surface area contributed by atoms with Gasteiger partial charge in [-0.05, 0) is 62.1 Å². The minimum atomic E-state index is -3.79. The molecule has 1 aromatic carbocycles. The fourth-order valence-electron chi connectivity index (χ4n) is 3.61. The van der Waals surface area contributed by atoms with Gasteiger partial charge in [0, 0.05) is 20.1 Å². The van der Waals surface area contributed by atoms with Crippen LogP contribution < -0.4 is 16.0 Å². The van der Waals surface area contributed by atoms with E-state index in [2.05, 4.69) is 10.3 Å². The molecule has 1 fully saturated rings. The zero-order valence-electron chi connectivity index (χ0n) is 18.5. The average Bonchev–Trinajstić information content (AvgIpc) is 2.76. The van der Waals surface area contributed by atoms with Crippen molar-refractivity contribution in [1.82, 2.24) is 9.29 Å². The number of nitrogens with zero attached hydrogens (tertiary/aromatic N) is 3. The molecule has 0 aliphatic carbocycles. The molecule has 0 bridgehead atoms. The lowest BCUT2D eigenvalue weighted by molar-refractivity contribution is -0.122. The van der Waals surface area contributed by atoms with Crippen molar-refractivity contribution in [3.63, 3.8) is 0 Å². The fraction of sp³-hybridized carbons (Fsp3) is 0.409. The predicted octanol–water partition coefficient (Wildman–Crippen LogP) is 1.66. The molecule has 172 valence electrons. The van der Waals surface area contributed by atoms with Crippen LogP contribution in [-0.2, 0) is 19.6 Å². The maximum atomic E-state index is 12.8. The Kier molecular flexibility index (Phi) is 7.15. The molecule has 3 rings (SSSR count). The molecule has 0 radical (unpaired) electrons. The van der Waals surface area contributed by atoms with Crippen molar-refractivity contribution in [2.45, 2.75) is 31.6 Å². The summed E-state index contributed by atoms with van der Waals surface area (Å²) in [6, 6.07) is 8.35. The highest BCUT2D eigenvalue weighted by atomic mass is 32.2. The van der Waals surface area contributed by atoms with Gasteiger partial charge in [-0.15, -0.1) is 0 Å². The summed E-state index contributed by atoms with van der Waals surface area (Å²) in [7, 11) is -2.41. The molecule has 10 heteroatoms. The standard InChI is InChI=1S/C22H29N5O4S/c1-15-6-8-19(11-16(15)2)32(30,31)26(3)14-21(28)25-18-7-9-20(24-12-18)27-10-4-5-17(13-27)22(23)29/h6-9,11-12,17H,4-5,10,13-14H2,1-3H3,(H2,23,29)(H,25,28). The Labute approximate surface area is 188 Å². The number of likely N-dealkylation sites (N-methyl/N-ethyl adjacent to an activating group) is 1. The van der Waals surface area contributed by atoms with E-state index in [0.717, 1.165) is 34.8 Å². The van der Waals surface area contributed by atoms with Crippen LogP contribution >= 0.6 is 0 Å². The molecule has 2 aromatic rings. The van der Waals surface area contributed by atoms with E-state index in [1.807, 2.05) is 18.7 Å². The van der Waals surface area contributed by atoms with Gasteiger partial charge in [0.2, 0.25) is 21.8 Å². The van der Waals surface area contributed by atoms with Gasteiger partial charge in [-0.25, -0.2) is 13.4 Å². The predicted molar refractivity (Wildman–Crippen MR) is 123 cm³/mol. The number of aromatic nitrogens is 1. The van der Waals surface area contributed by atoms with Crippen LogP contribution in [0.25, 0.3) is 0 Å². The van der Waals surface area contributed by atoms with Crippen LogP contribution in [0, 0.1) is 19.8 Å². The monoisotopic (exact) mass is 459 g/mol. The number of piperidine rings is 1. The molecular formula is C22H29N5O4S. The number of carbonyl (C=O) groups excluding carboxylic acids is 2. The number of anilines is 2. The second kappa shape index (κ2) is 9.66. The largest absolute Gasteiger partial charge is 0.369 e. The highest BCUT2D eigenvalue weighted by molar-refractivity contribution is 7.89. The number of hydrogen-bond acceptors (Lipinski definition) is 6. The lowest BCUT2D eigenvalue weighted by atomic mass is 9.97. The summed E-state index contributed by atoms with van der Waals surface area (Å²) < 4.78 is 26.6. The quantitative estimate of drug-likeness (QED) is 0.649. The minimum Gasteiger partial charge on any atom is -0.369 e. The maximum absolute atomic E-state index is 12.8. The van der Waals surface area contributed by atoms with Crippen molar-refractivity contribution in [3.05, 3.63) is 47.7 Å². The van der Waals surface area contributed by atoms with Gasteiger partial charge < -0.3 is 16.0 Å². The number of nitrogens with two attached hydrogens (primary N) is 1. The van der Waals surface area contributed by atoms with Crippen LogP contribution in [0.4, 0.5) is 11.5 Å². The summed E-state index contributed by atoms with van der Waals surface area (Å²) in [5, 5.41) is 2.67. The van der Waals surface area contributed by atoms with Crippen LogP contribution in [0.5, 0.6) is 0 Å².